The summed E-state index contributed by atoms with van der Waals surface area (Å²) in [6.07, 6.45) is 0.916. The van der Waals surface area contributed by atoms with Crippen LogP contribution in [0, 0.1) is 0 Å². The molecule has 1 N–H and O–H groups in total. The molecule has 1 atom stereocenters. The van der Waals surface area contributed by atoms with Crippen LogP contribution in [0.15, 0.2) is 54.7 Å². The Morgan fingerprint density at radius 2 is 1.86 bits per heavy atom. The molecule has 4 rings (SSSR count). The van der Waals surface area contributed by atoms with Gasteiger partial charge in [-0.05, 0) is 29.1 Å². The van der Waals surface area contributed by atoms with Gasteiger partial charge >= 0.3 is 0 Å². The minimum absolute atomic E-state index is 0.224. The molecule has 2 aromatic carbocycles. The molecule has 2 heterocycles. The minimum atomic E-state index is -0.800. The first-order chi connectivity index (χ1) is 10.3. The van der Waals surface area contributed by atoms with E-state index in [0.717, 1.165) is 16.3 Å². The van der Waals surface area contributed by atoms with Gasteiger partial charge in [0.05, 0.1) is 5.69 Å². The molecular formula is C17H13NO3. The van der Waals surface area contributed by atoms with Crippen molar-refractivity contribution in [1.29, 1.82) is 0 Å². The second-order valence-electron chi connectivity index (χ2n) is 4.93. The molecule has 0 saturated heterocycles. The van der Waals surface area contributed by atoms with Crippen LogP contribution < -0.4 is 9.47 Å². The van der Waals surface area contributed by atoms with Crippen LogP contribution in [-0.2, 0) is 0 Å². The molecule has 3 aromatic rings. The summed E-state index contributed by atoms with van der Waals surface area (Å²) in [7, 11) is 0. The lowest BCUT2D eigenvalue weighted by Crippen LogP contribution is -2.03. The zero-order chi connectivity index (χ0) is 14.2. The number of aliphatic hydroxyl groups is 1. The van der Waals surface area contributed by atoms with E-state index >= 15 is 0 Å². The Labute approximate surface area is 121 Å². The number of ether oxygens (including phenoxy) is 2. The van der Waals surface area contributed by atoms with Crippen molar-refractivity contribution >= 4 is 10.8 Å². The van der Waals surface area contributed by atoms with Gasteiger partial charge in [-0.25, -0.2) is 0 Å². The van der Waals surface area contributed by atoms with Gasteiger partial charge in [-0.3, -0.25) is 4.98 Å². The predicted molar refractivity (Wildman–Crippen MR) is 78.4 cm³/mol. The molecule has 21 heavy (non-hydrogen) atoms. The maximum absolute atomic E-state index is 10.7. The molecule has 1 aliphatic heterocycles. The molecule has 0 bridgehead atoms. The molecule has 0 saturated carbocycles. The molecule has 4 heteroatoms. The number of hydrogen-bond acceptors (Lipinski definition) is 4. The van der Waals surface area contributed by atoms with Crippen LogP contribution >= 0.6 is 0 Å². The lowest BCUT2D eigenvalue weighted by atomic mass is 10.0. The number of rotatable bonds is 2. The number of nitrogens with zero attached hydrogens (tertiary/aromatic N) is 1. The Morgan fingerprint density at radius 1 is 1.00 bits per heavy atom. The van der Waals surface area contributed by atoms with Gasteiger partial charge in [-0.15, -0.1) is 0 Å². The van der Waals surface area contributed by atoms with Crippen LogP contribution in [0.1, 0.15) is 17.4 Å². The smallest absolute Gasteiger partial charge is 0.231 e. The van der Waals surface area contributed by atoms with E-state index in [4.69, 9.17) is 9.47 Å². The molecule has 1 aliphatic rings. The quantitative estimate of drug-likeness (QED) is 0.783. The fraction of sp³-hybridized carbons (Fsp3) is 0.118. The lowest BCUT2D eigenvalue weighted by molar-refractivity contribution is 0.173. The Kier molecular flexibility index (Phi) is 2.75. The summed E-state index contributed by atoms with van der Waals surface area (Å²) in [6.45, 7) is 0.224. The molecule has 0 spiro atoms. The SMILES string of the molecule is O[C@H](c1ccc2c(c1)OCO2)c1nccc2ccccc12. The van der Waals surface area contributed by atoms with E-state index in [9.17, 15) is 5.11 Å². The van der Waals surface area contributed by atoms with Crippen LogP contribution in [0.4, 0.5) is 0 Å². The highest BCUT2D eigenvalue weighted by atomic mass is 16.7. The van der Waals surface area contributed by atoms with Crippen molar-refractivity contribution in [3.05, 3.63) is 66.0 Å². The molecule has 0 unspecified atom stereocenters. The first-order valence-electron chi connectivity index (χ1n) is 6.74. The van der Waals surface area contributed by atoms with Crippen molar-refractivity contribution in [3.63, 3.8) is 0 Å². The first-order valence-corrected chi connectivity index (χ1v) is 6.74. The fourth-order valence-corrected chi connectivity index (χ4v) is 2.60. The lowest BCUT2D eigenvalue weighted by Gasteiger charge is -2.13. The molecule has 0 radical (unpaired) electrons. The number of aliphatic hydroxyl groups excluding tert-OH is 1. The summed E-state index contributed by atoms with van der Waals surface area (Å²) in [6, 6.07) is 15.3. The fourth-order valence-electron chi connectivity index (χ4n) is 2.60. The van der Waals surface area contributed by atoms with Gasteiger partial charge in [0.25, 0.3) is 0 Å². The number of fused-ring (bicyclic) bond motifs is 2. The molecule has 0 aliphatic carbocycles. The maximum Gasteiger partial charge on any atom is 0.231 e. The summed E-state index contributed by atoms with van der Waals surface area (Å²) >= 11 is 0. The standard InChI is InChI=1S/C17H13NO3/c19-17(12-5-6-14-15(9-12)21-10-20-14)16-13-4-2-1-3-11(13)7-8-18-16/h1-9,17,19H,10H2/t17-/m1/s1. The van der Waals surface area contributed by atoms with Gasteiger partial charge in [0.15, 0.2) is 11.5 Å². The normalized spacial score (nSPS) is 14.3. The van der Waals surface area contributed by atoms with Crippen molar-refractivity contribution in [1.82, 2.24) is 4.98 Å². The molecule has 0 fully saturated rings. The number of benzene rings is 2. The monoisotopic (exact) mass is 279 g/mol. The zero-order valence-electron chi connectivity index (χ0n) is 11.2. The van der Waals surface area contributed by atoms with E-state index in [2.05, 4.69) is 4.98 Å². The summed E-state index contributed by atoms with van der Waals surface area (Å²) in [4.78, 5) is 4.35. The largest absolute Gasteiger partial charge is 0.454 e. The second-order valence-corrected chi connectivity index (χ2v) is 4.93. The Balaban J connectivity index is 1.81. The third kappa shape index (κ3) is 2.00. The molecular weight excluding hydrogens is 266 g/mol. The van der Waals surface area contributed by atoms with Gasteiger partial charge in [0.2, 0.25) is 6.79 Å². The summed E-state index contributed by atoms with van der Waals surface area (Å²) in [5.41, 5.74) is 1.38. The number of hydrogen-bond donors (Lipinski definition) is 1. The van der Waals surface area contributed by atoms with Gasteiger partial charge in [-0.2, -0.15) is 0 Å². The van der Waals surface area contributed by atoms with Crippen LogP contribution in [0.5, 0.6) is 11.5 Å². The molecule has 4 nitrogen and oxygen atoms in total. The average molecular weight is 279 g/mol. The van der Waals surface area contributed by atoms with Crippen molar-refractivity contribution in [2.45, 2.75) is 6.10 Å². The Bertz CT molecular complexity index is 811. The van der Waals surface area contributed by atoms with Crippen LogP contribution in [0.3, 0.4) is 0 Å². The summed E-state index contributed by atoms with van der Waals surface area (Å²) in [5.74, 6) is 1.36. The highest BCUT2D eigenvalue weighted by Crippen LogP contribution is 2.36. The zero-order valence-corrected chi connectivity index (χ0v) is 11.2. The third-order valence-electron chi connectivity index (χ3n) is 3.68. The summed E-state index contributed by atoms with van der Waals surface area (Å²) < 4.78 is 10.6. The van der Waals surface area contributed by atoms with E-state index in [1.165, 1.54) is 0 Å². The van der Waals surface area contributed by atoms with E-state index < -0.39 is 6.10 Å². The number of aromatic nitrogens is 1. The Morgan fingerprint density at radius 3 is 2.81 bits per heavy atom. The van der Waals surface area contributed by atoms with E-state index in [1.807, 2.05) is 42.5 Å². The topological polar surface area (TPSA) is 51.6 Å². The van der Waals surface area contributed by atoms with Crippen molar-refractivity contribution in [2.24, 2.45) is 0 Å². The van der Waals surface area contributed by atoms with Crippen LogP contribution in [-0.4, -0.2) is 16.9 Å². The second kappa shape index (κ2) is 4.75. The van der Waals surface area contributed by atoms with Crippen LogP contribution in [0.2, 0.25) is 0 Å². The molecule has 0 amide bonds. The third-order valence-corrected chi connectivity index (χ3v) is 3.68. The highest BCUT2D eigenvalue weighted by Gasteiger charge is 2.19. The average Bonchev–Trinajstić information content (AvgIpc) is 3.01. The van der Waals surface area contributed by atoms with Crippen LogP contribution in [0.25, 0.3) is 10.8 Å². The van der Waals surface area contributed by atoms with Crippen molar-refractivity contribution in [3.8, 4) is 11.5 Å². The van der Waals surface area contributed by atoms with Gasteiger partial charge < -0.3 is 14.6 Å². The minimum Gasteiger partial charge on any atom is -0.454 e. The van der Waals surface area contributed by atoms with Crippen molar-refractivity contribution in [2.75, 3.05) is 6.79 Å². The van der Waals surface area contributed by atoms with E-state index in [-0.39, 0.29) is 6.79 Å². The van der Waals surface area contributed by atoms with Crippen molar-refractivity contribution < 1.29 is 14.6 Å². The Hall–Kier alpha value is -2.59. The van der Waals surface area contributed by atoms with Gasteiger partial charge in [0, 0.05) is 11.6 Å². The maximum atomic E-state index is 10.7. The summed E-state index contributed by atoms with van der Waals surface area (Å²) in [5, 5.41) is 12.7. The molecule has 1 aromatic heterocycles. The highest BCUT2D eigenvalue weighted by molar-refractivity contribution is 5.84. The predicted octanol–water partition coefficient (Wildman–Crippen LogP) is 3.05. The van der Waals surface area contributed by atoms with Gasteiger partial charge in [0.1, 0.15) is 6.10 Å². The molecule has 104 valence electrons. The van der Waals surface area contributed by atoms with E-state index in [0.29, 0.717) is 17.2 Å². The first kappa shape index (κ1) is 12.2. The number of pyridine rings is 1. The van der Waals surface area contributed by atoms with Gasteiger partial charge in [-0.1, -0.05) is 30.3 Å². The van der Waals surface area contributed by atoms with E-state index in [1.54, 1.807) is 12.3 Å².